The number of carbonyl (C=O) groups is 2. The summed E-state index contributed by atoms with van der Waals surface area (Å²) in [5.41, 5.74) is 6.27. The monoisotopic (exact) mass is 350 g/mol. The van der Waals surface area contributed by atoms with Crippen LogP contribution >= 0.6 is 11.6 Å². The van der Waals surface area contributed by atoms with Crippen molar-refractivity contribution in [3.05, 3.63) is 28.8 Å². The Morgan fingerprint density at radius 1 is 1.21 bits per heavy atom. The molecule has 1 amide bonds. The first-order chi connectivity index (χ1) is 11.6. The Morgan fingerprint density at radius 2 is 1.96 bits per heavy atom. The fraction of sp³-hybridized carbons (Fsp3) is 0.556. The molecular weight excluding hydrogens is 328 g/mol. The maximum absolute atomic E-state index is 12.5. The Kier molecular flexibility index (Phi) is 5.29. The van der Waals surface area contributed by atoms with E-state index in [0.717, 1.165) is 19.4 Å². The van der Waals surface area contributed by atoms with Crippen LogP contribution in [0.5, 0.6) is 0 Å². The molecule has 1 heterocycles. The normalized spacial score (nSPS) is 23.5. The number of likely N-dealkylation sites (tertiary alicyclic amines) is 1. The third-order valence-corrected chi connectivity index (χ3v) is 5.36. The maximum Gasteiger partial charge on any atom is 0.340 e. The van der Waals surface area contributed by atoms with Gasteiger partial charge in [-0.2, -0.15) is 0 Å². The number of halogens is 1. The molecule has 24 heavy (non-hydrogen) atoms. The number of esters is 1. The highest BCUT2D eigenvalue weighted by Crippen LogP contribution is 2.35. The van der Waals surface area contributed by atoms with Crippen LogP contribution in [0.2, 0.25) is 5.02 Å². The molecule has 3 rings (SSSR count). The smallest absolute Gasteiger partial charge is 0.340 e. The number of hydrogen-bond acceptors (Lipinski definition) is 4. The molecule has 0 bridgehead atoms. The Balaban J connectivity index is 1.59. The molecule has 0 unspecified atom stereocenters. The highest BCUT2D eigenvalue weighted by molar-refractivity contribution is 6.31. The number of nitrogens with zero attached hydrogens (tertiary/aromatic N) is 1. The topological polar surface area (TPSA) is 72.6 Å². The van der Waals surface area contributed by atoms with Gasteiger partial charge < -0.3 is 15.4 Å². The zero-order chi connectivity index (χ0) is 17.1. The molecule has 1 aromatic carbocycles. The third-order valence-electron chi connectivity index (χ3n) is 5.12. The molecule has 0 aromatic heterocycles. The lowest BCUT2D eigenvalue weighted by Gasteiger charge is -2.44. The minimum atomic E-state index is -0.588. The van der Waals surface area contributed by atoms with E-state index >= 15 is 0 Å². The number of anilines is 1. The number of fused-ring (bicyclic) bond motifs is 1. The number of benzene rings is 1. The molecule has 2 aliphatic rings. The average molecular weight is 351 g/mol. The number of piperidine rings is 1. The fourth-order valence-corrected chi connectivity index (χ4v) is 4.12. The van der Waals surface area contributed by atoms with E-state index in [1.807, 2.05) is 4.90 Å². The van der Waals surface area contributed by atoms with E-state index in [4.69, 9.17) is 22.1 Å². The van der Waals surface area contributed by atoms with Crippen LogP contribution in [0, 0.1) is 5.92 Å². The van der Waals surface area contributed by atoms with Gasteiger partial charge in [0.05, 0.1) is 5.56 Å². The van der Waals surface area contributed by atoms with Crippen molar-refractivity contribution in [3.8, 4) is 0 Å². The van der Waals surface area contributed by atoms with Crippen molar-refractivity contribution in [3.63, 3.8) is 0 Å². The predicted molar refractivity (Wildman–Crippen MR) is 92.8 cm³/mol. The molecule has 0 spiro atoms. The maximum atomic E-state index is 12.5. The lowest BCUT2D eigenvalue weighted by Crippen LogP contribution is -2.50. The van der Waals surface area contributed by atoms with Crippen molar-refractivity contribution in [1.82, 2.24) is 4.90 Å². The highest BCUT2D eigenvalue weighted by atomic mass is 35.5. The van der Waals surface area contributed by atoms with Crippen molar-refractivity contribution in [2.45, 2.75) is 44.6 Å². The average Bonchev–Trinajstić information content (AvgIpc) is 2.59. The highest BCUT2D eigenvalue weighted by Gasteiger charge is 2.35. The molecule has 2 fully saturated rings. The summed E-state index contributed by atoms with van der Waals surface area (Å²) in [6, 6.07) is 4.91. The van der Waals surface area contributed by atoms with Gasteiger partial charge in [0, 0.05) is 23.3 Å². The second-order valence-corrected chi connectivity index (χ2v) is 7.09. The molecule has 0 radical (unpaired) electrons. The molecule has 5 nitrogen and oxygen atoms in total. The van der Waals surface area contributed by atoms with Crippen molar-refractivity contribution < 1.29 is 14.3 Å². The number of carbonyl (C=O) groups excluding carboxylic acids is 2. The van der Waals surface area contributed by atoms with E-state index in [1.54, 1.807) is 6.07 Å². The molecule has 2 N–H and O–H groups in total. The van der Waals surface area contributed by atoms with Gasteiger partial charge in [0.15, 0.2) is 6.61 Å². The summed E-state index contributed by atoms with van der Waals surface area (Å²) >= 11 is 5.82. The van der Waals surface area contributed by atoms with Gasteiger partial charge in [-0.05, 0) is 49.8 Å². The van der Waals surface area contributed by atoms with Crippen LogP contribution in [0.15, 0.2) is 18.2 Å². The number of rotatable bonds is 3. The molecule has 2 atom stereocenters. The fourth-order valence-electron chi connectivity index (χ4n) is 3.94. The quantitative estimate of drug-likeness (QED) is 0.670. The molecule has 1 aliphatic heterocycles. The lowest BCUT2D eigenvalue weighted by atomic mass is 9.78. The van der Waals surface area contributed by atoms with E-state index < -0.39 is 5.97 Å². The van der Waals surface area contributed by atoms with Crippen LogP contribution in [-0.2, 0) is 9.53 Å². The zero-order valence-electron chi connectivity index (χ0n) is 13.7. The summed E-state index contributed by atoms with van der Waals surface area (Å²) in [6.45, 7) is 0.532. The van der Waals surface area contributed by atoms with Crippen LogP contribution in [0.25, 0.3) is 0 Å². The summed E-state index contributed by atoms with van der Waals surface area (Å²) < 4.78 is 5.19. The van der Waals surface area contributed by atoms with Crippen molar-refractivity contribution in [2.75, 3.05) is 18.9 Å². The largest absolute Gasteiger partial charge is 0.452 e. The third kappa shape index (κ3) is 3.66. The van der Waals surface area contributed by atoms with E-state index in [1.165, 1.54) is 37.8 Å². The van der Waals surface area contributed by atoms with Crippen LogP contribution in [0.1, 0.15) is 48.9 Å². The minimum absolute atomic E-state index is 0.104. The van der Waals surface area contributed by atoms with Crippen molar-refractivity contribution >= 4 is 29.2 Å². The molecule has 130 valence electrons. The van der Waals surface area contributed by atoms with E-state index in [-0.39, 0.29) is 23.8 Å². The summed E-state index contributed by atoms with van der Waals surface area (Å²) in [6.07, 6.45) is 6.94. The van der Waals surface area contributed by atoms with E-state index in [2.05, 4.69) is 0 Å². The molecule has 1 aromatic rings. The van der Waals surface area contributed by atoms with Gasteiger partial charge in [-0.25, -0.2) is 4.79 Å². The number of ether oxygens (including phenoxy) is 1. The number of nitrogens with two attached hydrogens (primary N) is 1. The molecule has 1 aliphatic carbocycles. The number of nitrogen functional groups attached to an aromatic ring is 1. The summed E-state index contributed by atoms with van der Waals surface area (Å²) in [7, 11) is 0. The number of hydrogen-bond donors (Lipinski definition) is 1. The Morgan fingerprint density at radius 3 is 2.75 bits per heavy atom. The first-order valence-electron chi connectivity index (χ1n) is 8.58. The second-order valence-electron chi connectivity index (χ2n) is 6.65. The first kappa shape index (κ1) is 17.1. The summed E-state index contributed by atoms with van der Waals surface area (Å²) in [5, 5.41) is 0.455. The lowest BCUT2D eigenvalue weighted by molar-refractivity contribution is -0.140. The second kappa shape index (κ2) is 7.43. The van der Waals surface area contributed by atoms with Crippen molar-refractivity contribution in [1.29, 1.82) is 0 Å². The van der Waals surface area contributed by atoms with Gasteiger partial charge in [-0.3, -0.25) is 4.79 Å². The molecule has 1 saturated carbocycles. The molecular formula is C18H23ClN2O3. The first-order valence-corrected chi connectivity index (χ1v) is 8.95. The van der Waals surface area contributed by atoms with Gasteiger partial charge in [-0.15, -0.1) is 0 Å². The standard InChI is InChI=1S/C18H23ClN2O3/c19-13-7-8-14(15(20)10-13)18(23)24-11-17(22)21-9-3-5-12-4-1-2-6-16(12)21/h7-8,10,12,16H,1-6,9,11,20H2/t12-,16-/m0/s1. The Bertz CT molecular complexity index is 633. The van der Waals surface area contributed by atoms with Gasteiger partial charge in [0.2, 0.25) is 0 Å². The van der Waals surface area contributed by atoms with Crippen LogP contribution in [0.3, 0.4) is 0 Å². The summed E-state index contributed by atoms with van der Waals surface area (Å²) in [5.74, 6) is -0.0822. The van der Waals surface area contributed by atoms with Gasteiger partial charge in [0.1, 0.15) is 0 Å². The van der Waals surface area contributed by atoms with Crippen LogP contribution in [-0.4, -0.2) is 36.0 Å². The van der Waals surface area contributed by atoms with E-state index in [9.17, 15) is 9.59 Å². The van der Waals surface area contributed by atoms with Crippen LogP contribution in [0.4, 0.5) is 5.69 Å². The SMILES string of the molecule is Nc1cc(Cl)ccc1C(=O)OCC(=O)N1CCC[C@@H]2CCCC[C@@H]21. The molecule has 1 saturated heterocycles. The summed E-state index contributed by atoms with van der Waals surface area (Å²) in [4.78, 5) is 26.6. The van der Waals surface area contributed by atoms with Crippen molar-refractivity contribution in [2.24, 2.45) is 5.92 Å². The Labute approximate surface area is 147 Å². The van der Waals surface area contributed by atoms with Gasteiger partial charge >= 0.3 is 5.97 Å². The predicted octanol–water partition coefficient (Wildman–Crippen LogP) is 3.26. The minimum Gasteiger partial charge on any atom is -0.452 e. The number of amides is 1. The molecule has 6 heteroatoms. The Hall–Kier alpha value is -1.75. The zero-order valence-corrected chi connectivity index (χ0v) is 14.4. The van der Waals surface area contributed by atoms with Gasteiger partial charge in [0.25, 0.3) is 5.91 Å². The van der Waals surface area contributed by atoms with Gasteiger partial charge in [-0.1, -0.05) is 24.4 Å². The van der Waals surface area contributed by atoms with E-state index in [0.29, 0.717) is 17.0 Å². The van der Waals surface area contributed by atoms with Crippen LogP contribution < -0.4 is 5.73 Å².